The molecule has 0 spiro atoms. The van der Waals surface area contributed by atoms with Crippen molar-refractivity contribution in [1.29, 1.82) is 0 Å². The van der Waals surface area contributed by atoms with E-state index < -0.39 is 0 Å². The molecule has 0 amide bonds. The molecule has 3 atom stereocenters. The highest BCUT2D eigenvalue weighted by Gasteiger charge is 2.31. The lowest BCUT2D eigenvalue weighted by Crippen LogP contribution is -2.30. The van der Waals surface area contributed by atoms with Crippen LogP contribution in [-0.2, 0) is 9.53 Å². The number of hydrogen-bond donors (Lipinski definition) is 1. The normalized spacial score (nSPS) is 24.1. The SMILES string of the molecule is CCOC(=O)C1CCC(NC(C)c2ccccc2)C1. The van der Waals surface area contributed by atoms with Crippen molar-refractivity contribution in [3.05, 3.63) is 35.9 Å². The second-order valence-electron chi connectivity index (χ2n) is 5.26. The maximum atomic E-state index is 11.7. The lowest BCUT2D eigenvalue weighted by atomic mass is 10.1. The van der Waals surface area contributed by atoms with Crippen molar-refractivity contribution in [3.63, 3.8) is 0 Å². The number of carbonyl (C=O) groups is 1. The molecule has 0 bridgehead atoms. The van der Waals surface area contributed by atoms with Gasteiger partial charge in [-0.15, -0.1) is 0 Å². The molecule has 1 aliphatic carbocycles. The molecule has 3 nitrogen and oxygen atoms in total. The molecule has 1 aromatic carbocycles. The van der Waals surface area contributed by atoms with Crippen LogP contribution in [0.15, 0.2) is 30.3 Å². The molecule has 0 aromatic heterocycles. The monoisotopic (exact) mass is 261 g/mol. The van der Waals surface area contributed by atoms with Gasteiger partial charge in [-0.3, -0.25) is 4.79 Å². The van der Waals surface area contributed by atoms with Gasteiger partial charge in [0, 0.05) is 12.1 Å². The summed E-state index contributed by atoms with van der Waals surface area (Å²) in [6.45, 7) is 4.51. The molecule has 19 heavy (non-hydrogen) atoms. The number of nitrogens with one attached hydrogen (secondary N) is 1. The first-order valence-corrected chi connectivity index (χ1v) is 7.18. The fourth-order valence-corrected chi connectivity index (χ4v) is 2.80. The van der Waals surface area contributed by atoms with E-state index >= 15 is 0 Å². The van der Waals surface area contributed by atoms with Gasteiger partial charge in [-0.25, -0.2) is 0 Å². The Labute approximate surface area is 115 Å². The molecule has 0 radical (unpaired) electrons. The predicted octanol–water partition coefficient (Wildman–Crippen LogP) is 3.07. The minimum atomic E-state index is -0.0286. The van der Waals surface area contributed by atoms with Gasteiger partial charge in [0.15, 0.2) is 0 Å². The highest BCUT2D eigenvalue weighted by Crippen LogP contribution is 2.28. The third-order valence-electron chi connectivity index (χ3n) is 3.84. The number of rotatable bonds is 5. The van der Waals surface area contributed by atoms with Gasteiger partial charge in [0.25, 0.3) is 0 Å². The van der Waals surface area contributed by atoms with Gasteiger partial charge in [-0.1, -0.05) is 30.3 Å². The van der Waals surface area contributed by atoms with Gasteiger partial charge in [0.05, 0.1) is 12.5 Å². The molecular formula is C16H23NO2. The summed E-state index contributed by atoms with van der Waals surface area (Å²) in [6.07, 6.45) is 2.90. The summed E-state index contributed by atoms with van der Waals surface area (Å²) in [5.41, 5.74) is 1.29. The zero-order valence-corrected chi connectivity index (χ0v) is 11.8. The molecular weight excluding hydrogens is 238 g/mol. The van der Waals surface area contributed by atoms with Crippen molar-refractivity contribution in [1.82, 2.24) is 5.32 Å². The summed E-state index contributed by atoms with van der Waals surface area (Å²) in [4.78, 5) is 11.7. The zero-order valence-electron chi connectivity index (χ0n) is 11.8. The van der Waals surface area contributed by atoms with E-state index in [1.807, 2.05) is 13.0 Å². The Morgan fingerprint density at radius 3 is 2.79 bits per heavy atom. The summed E-state index contributed by atoms with van der Waals surface area (Å²) in [5, 5.41) is 3.61. The molecule has 1 fully saturated rings. The molecule has 2 rings (SSSR count). The maximum Gasteiger partial charge on any atom is 0.308 e. The van der Waals surface area contributed by atoms with E-state index in [-0.39, 0.29) is 11.9 Å². The average Bonchev–Trinajstić information content (AvgIpc) is 2.88. The van der Waals surface area contributed by atoms with Crippen molar-refractivity contribution in [2.75, 3.05) is 6.61 Å². The van der Waals surface area contributed by atoms with Crippen LogP contribution in [0.3, 0.4) is 0 Å². The van der Waals surface area contributed by atoms with Crippen LogP contribution < -0.4 is 5.32 Å². The van der Waals surface area contributed by atoms with E-state index in [1.165, 1.54) is 5.56 Å². The van der Waals surface area contributed by atoms with Gasteiger partial charge in [0.1, 0.15) is 0 Å². The van der Waals surface area contributed by atoms with E-state index in [0.717, 1.165) is 19.3 Å². The van der Waals surface area contributed by atoms with Crippen molar-refractivity contribution < 1.29 is 9.53 Å². The molecule has 0 aliphatic heterocycles. The number of hydrogen-bond acceptors (Lipinski definition) is 3. The Morgan fingerprint density at radius 1 is 1.37 bits per heavy atom. The van der Waals surface area contributed by atoms with Crippen LogP contribution in [-0.4, -0.2) is 18.6 Å². The van der Waals surface area contributed by atoms with Crippen LogP contribution in [0.25, 0.3) is 0 Å². The zero-order chi connectivity index (χ0) is 13.7. The summed E-state index contributed by atoms with van der Waals surface area (Å²) >= 11 is 0. The Bertz CT molecular complexity index is 404. The maximum absolute atomic E-state index is 11.7. The molecule has 0 heterocycles. The highest BCUT2D eigenvalue weighted by molar-refractivity contribution is 5.72. The van der Waals surface area contributed by atoms with Crippen LogP contribution >= 0.6 is 0 Å². The third-order valence-corrected chi connectivity index (χ3v) is 3.84. The molecule has 104 valence electrons. The van der Waals surface area contributed by atoms with E-state index in [9.17, 15) is 4.79 Å². The fraction of sp³-hybridized carbons (Fsp3) is 0.562. The minimum absolute atomic E-state index is 0.0286. The van der Waals surface area contributed by atoms with Gasteiger partial charge < -0.3 is 10.1 Å². The van der Waals surface area contributed by atoms with E-state index in [4.69, 9.17) is 4.74 Å². The third kappa shape index (κ3) is 3.80. The summed E-state index contributed by atoms with van der Waals surface area (Å²) in [5.74, 6) is 0.0552. The van der Waals surface area contributed by atoms with Crippen LogP contribution in [0.2, 0.25) is 0 Å². The second kappa shape index (κ2) is 6.71. The first kappa shape index (κ1) is 14.1. The topological polar surface area (TPSA) is 38.3 Å². The van der Waals surface area contributed by atoms with Crippen LogP contribution in [0.1, 0.15) is 44.7 Å². The number of esters is 1. The smallest absolute Gasteiger partial charge is 0.308 e. The molecule has 1 saturated carbocycles. The van der Waals surface area contributed by atoms with Crippen LogP contribution in [0.4, 0.5) is 0 Å². The van der Waals surface area contributed by atoms with Gasteiger partial charge >= 0.3 is 5.97 Å². The van der Waals surface area contributed by atoms with Crippen molar-refractivity contribution in [3.8, 4) is 0 Å². The molecule has 1 aliphatic rings. The van der Waals surface area contributed by atoms with E-state index in [2.05, 4.69) is 36.5 Å². The standard InChI is InChI=1S/C16H23NO2/c1-3-19-16(18)14-9-10-15(11-14)17-12(2)13-7-5-4-6-8-13/h4-8,12,14-15,17H,3,9-11H2,1-2H3. The molecule has 1 N–H and O–H groups in total. The lowest BCUT2D eigenvalue weighted by Gasteiger charge is -2.20. The Morgan fingerprint density at radius 2 is 2.11 bits per heavy atom. The molecule has 3 heteroatoms. The first-order chi connectivity index (χ1) is 9.20. The second-order valence-corrected chi connectivity index (χ2v) is 5.26. The van der Waals surface area contributed by atoms with E-state index in [1.54, 1.807) is 0 Å². The van der Waals surface area contributed by atoms with Gasteiger partial charge in [-0.2, -0.15) is 0 Å². The number of benzene rings is 1. The Balaban J connectivity index is 1.83. The van der Waals surface area contributed by atoms with Crippen molar-refractivity contribution in [2.45, 2.75) is 45.2 Å². The van der Waals surface area contributed by atoms with Gasteiger partial charge in [-0.05, 0) is 38.7 Å². The summed E-state index contributed by atoms with van der Waals surface area (Å²) in [7, 11) is 0. The largest absolute Gasteiger partial charge is 0.466 e. The Kier molecular flexibility index (Phi) is 4.97. The van der Waals surface area contributed by atoms with E-state index in [0.29, 0.717) is 18.7 Å². The van der Waals surface area contributed by atoms with Crippen molar-refractivity contribution >= 4 is 5.97 Å². The van der Waals surface area contributed by atoms with Crippen LogP contribution in [0.5, 0.6) is 0 Å². The summed E-state index contributed by atoms with van der Waals surface area (Å²) in [6, 6.07) is 11.2. The Hall–Kier alpha value is -1.35. The highest BCUT2D eigenvalue weighted by atomic mass is 16.5. The summed E-state index contributed by atoms with van der Waals surface area (Å²) < 4.78 is 5.10. The number of ether oxygens (including phenoxy) is 1. The lowest BCUT2D eigenvalue weighted by molar-refractivity contribution is -0.147. The quantitative estimate of drug-likeness (QED) is 0.828. The van der Waals surface area contributed by atoms with Crippen LogP contribution in [0, 0.1) is 5.92 Å². The predicted molar refractivity (Wildman–Crippen MR) is 75.8 cm³/mol. The molecule has 0 saturated heterocycles. The molecule has 3 unspecified atom stereocenters. The molecule has 1 aromatic rings. The first-order valence-electron chi connectivity index (χ1n) is 7.18. The number of carbonyl (C=O) groups excluding carboxylic acids is 1. The minimum Gasteiger partial charge on any atom is -0.466 e. The average molecular weight is 261 g/mol. The van der Waals surface area contributed by atoms with Crippen molar-refractivity contribution in [2.24, 2.45) is 5.92 Å². The fourth-order valence-electron chi connectivity index (χ4n) is 2.80. The van der Waals surface area contributed by atoms with Gasteiger partial charge in [0.2, 0.25) is 0 Å².